The molecule has 0 fully saturated rings. The maximum absolute atomic E-state index is 12.4. The van der Waals surface area contributed by atoms with E-state index in [1.807, 2.05) is 12.2 Å². The third-order valence-electron chi connectivity index (χ3n) is 3.51. The summed E-state index contributed by atoms with van der Waals surface area (Å²) in [6, 6.07) is 11.4. The number of rotatable bonds is 3. The molecule has 0 amide bonds. The molecular formula is C16H15NO3S. The molecule has 0 saturated carbocycles. The van der Waals surface area contributed by atoms with E-state index in [0.29, 0.717) is 18.5 Å². The molecule has 0 bridgehead atoms. The van der Waals surface area contributed by atoms with Crippen LogP contribution >= 0.6 is 0 Å². The lowest BCUT2D eigenvalue weighted by atomic mass is 9.94. The van der Waals surface area contributed by atoms with Crippen molar-refractivity contribution in [1.82, 2.24) is 0 Å². The number of benzene rings is 2. The number of hydrogen-bond acceptors (Lipinski definition) is 3. The second-order valence-electron chi connectivity index (χ2n) is 4.89. The lowest BCUT2D eigenvalue weighted by molar-refractivity contribution is 0.468. The summed E-state index contributed by atoms with van der Waals surface area (Å²) in [4.78, 5) is 0.221. The number of hydrogen-bond donors (Lipinski definition) is 2. The maximum atomic E-state index is 12.4. The Morgan fingerprint density at radius 3 is 2.29 bits per heavy atom. The normalized spacial score (nSPS) is 13.7. The quantitative estimate of drug-likeness (QED) is 0.676. The van der Waals surface area contributed by atoms with Crippen molar-refractivity contribution in [3.63, 3.8) is 0 Å². The van der Waals surface area contributed by atoms with Gasteiger partial charge in [0.1, 0.15) is 5.75 Å². The first kappa shape index (κ1) is 13.7. The van der Waals surface area contributed by atoms with Crippen molar-refractivity contribution in [1.29, 1.82) is 0 Å². The average molecular weight is 301 g/mol. The van der Waals surface area contributed by atoms with E-state index in [4.69, 9.17) is 0 Å². The van der Waals surface area contributed by atoms with Crippen LogP contribution in [0.15, 0.2) is 59.5 Å². The third kappa shape index (κ3) is 2.64. The largest absolute Gasteiger partial charge is 0.508 e. The first-order valence-electron chi connectivity index (χ1n) is 6.64. The summed E-state index contributed by atoms with van der Waals surface area (Å²) >= 11 is 0. The molecule has 21 heavy (non-hydrogen) atoms. The molecule has 2 aromatic carbocycles. The molecule has 1 aliphatic carbocycles. The van der Waals surface area contributed by atoms with E-state index in [1.54, 1.807) is 36.4 Å². The Hall–Kier alpha value is -2.27. The molecule has 0 spiro atoms. The second kappa shape index (κ2) is 5.26. The summed E-state index contributed by atoms with van der Waals surface area (Å²) in [6.07, 6.45) is 5.16. The molecule has 0 heterocycles. The van der Waals surface area contributed by atoms with Crippen molar-refractivity contribution in [2.75, 3.05) is 4.72 Å². The van der Waals surface area contributed by atoms with Gasteiger partial charge in [-0.2, -0.15) is 0 Å². The van der Waals surface area contributed by atoms with Crippen LogP contribution in [0.3, 0.4) is 0 Å². The number of nitrogens with one attached hydrogen (secondary N) is 1. The number of phenols is 1. The highest BCUT2D eigenvalue weighted by Crippen LogP contribution is 2.32. The Kier molecular flexibility index (Phi) is 3.43. The van der Waals surface area contributed by atoms with Gasteiger partial charge in [-0.3, -0.25) is 4.72 Å². The Morgan fingerprint density at radius 1 is 0.905 bits per heavy atom. The molecule has 2 N–H and O–H groups in total. The number of sulfonamides is 1. The molecule has 2 aromatic rings. The molecule has 108 valence electrons. The van der Waals surface area contributed by atoms with Gasteiger partial charge in [0.15, 0.2) is 0 Å². The lowest BCUT2D eigenvalue weighted by Crippen LogP contribution is -2.15. The van der Waals surface area contributed by atoms with Gasteiger partial charge >= 0.3 is 0 Å². The van der Waals surface area contributed by atoms with Crippen LogP contribution in [0.4, 0.5) is 5.69 Å². The van der Waals surface area contributed by atoms with Crippen molar-refractivity contribution in [2.24, 2.45) is 0 Å². The van der Waals surface area contributed by atoms with Gasteiger partial charge in [0.25, 0.3) is 10.0 Å². The zero-order chi connectivity index (χ0) is 14.9. The highest BCUT2D eigenvalue weighted by molar-refractivity contribution is 7.92. The van der Waals surface area contributed by atoms with E-state index in [-0.39, 0.29) is 10.6 Å². The zero-order valence-corrected chi connectivity index (χ0v) is 12.1. The second-order valence-corrected chi connectivity index (χ2v) is 6.57. The zero-order valence-electron chi connectivity index (χ0n) is 11.3. The molecule has 0 unspecified atom stereocenters. The van der Waals surface area contributed by atoms with Gasteiger partial charge in [-0.05, 0) is 42.7 Å². The summed E-state index contributed by atoms with van der Waals surface area (Å²) in [5.74, 6) is 0.206. The molecule has 0 radical (unpaired) electrons. The van der Waals surface area contributed by atoms with Gasteiger partial charge in [-0.25, -0.2) is 8.42 Å². The SMILES string of the molecule is O=S(=O)(Nc1ccc(O)c2c1CC=CC2)c1ccccc1. The minimum Gasteiger partial charge on any atom is -0.508 e. The fourth-order valence-corrected chi connectivity index (χ4v) is 3.56. The standard InChI is InChI=1S/C16H15NO3S/c18-16-11-10-15(13-8-4-5-9-14(13)16)17-21(19,20)12-6-2-1-3-7-12/h1-7,10-11,17-18H,8-9H2. The molecule has 0 aromatic heterocycles. The minimum absolute atomic E-state index is 0.206. The smallest absolute Gasteiger partial charge is 0.261 e. The minimum atomic E-state index is -3.62. The topological polar surface area (TPSA) is 66.4 Å². The molecule has 3 rings (SSSR count). The van der Waals surface area contributed by atoms with E-state index >= 15 is 0 Å². The summed E-state index contributed by atoms with van der Waals surface area (Å²) < 4.78 is 27.4. The Morgan fingerprint density at radius 2 is 1.57 bits per heavy atom. The number of anilines is 1. The molecule has 0 aliphatic heterocycles. The summed E-state index contributed by atoms with van der Waals surface area (Å²) in [5.41, 5.74) is 2.14. The van der Waals surface area contributed by atoms with Crippen LogP contribution in [0.2, 0.25) is 0 Å². The predicted octanol–water partition coefficient (Wildman–Crippen LogP) is 2.85. The fraction of sp³-hybridized carbons (Fsp3) is 0.125. The monoisotopic (exact) mass is 301 g/mol. The Balaban J connectivity index is 2.00. The summed E-state index contributed by atoms with van der Waals surface area (Å²) in [6.45, 7) is 0. The van der Waals surface area contributed by atoms with E-state index in [9.17, 15) is 13.5 Å². The lowest BCUT2D eigenvalue weighted by Gasteiger charge is -2.18. The summed E-state index contributed by atoms with van der Waals surface area (Å²) in [5, 5.41) is 9.89. The number of fused-ring (bicyclic) bond motifs is 1. The van der Waals surface area contributed by atoms with Crippen LogP contribution in [-0.4, -0.2) is 13.5 Å². The molecule has 0 atom stereocenters. The van der Waals surface area contributed by atoms with Gasteiger partial charge < -0.3 is 5.11 Å². The van der Waals surface area contributed by atoms with Crippen molar-refractivity contribution >= 4 is 15.7 Å². The van der Waals surface area contributed by atoms with Gasteiger partial charge in [0, 0.05) is 5.56 Å². The molecule has 5 heteroatoms. The third-order valence-corrected chi connectivity index (χ3v) is 4.90. The highest BCUT2D eigenvalue weighted by Gasteiger charge is 2.19. The van der Waals surface area contributed by atoms with Crippen LogP contribution in [-0.2, 0) is 22.9 Å². The maximum Gasteiger partial charge on any atom is 0.261 e. The van der Waals surface area contributed by atoms with Crippen LogP contribution in [0, 0.1) is 0 Å². The number of phenolic OH excluding ortho intramolecular Hbond substituents is 1. The van der Waals surface area contributed by atoms with Crippen LogP contribution in [0.25, 0.3) is 0 Å². The van der Waals surface area contributed by atoms with Gasteiger partial charge in [-0.15, -0.1) is 0 Å². The molecular weight excluding hydrogens is 286 g/mol. The molecule has 4 nitrogen and oxygen atoms in total. The van der Waals surface area contributed by atoms with Crippen LogP contribution in [0.5, 0.6) is 5.75 Å². The van der Waals surface area contributed by atoms with Gasteiger partial charge in [0.05, 0.1) is 10.6 Å². The van der Waals surface area contributed by atoms with Crippen molar-refractivity contribution in [3.8, 4) is 5.75 Å². The van der Waals surface area contributed by atoms with Crippen LogP contribution in [0.1, 0.15) is 11.1 Å². The van der Waals surface area contributed by atoms with E-state index < -0.39 is 10.0 Å². The first-order chi connectivity index (χ1) is 10.1. The average Bonchev–Trinajstić information content (AvgIpc) is 2.51. The molecule has 0 saturated heterocycles. The Bertz CT molecular complexity index is 796. The van der Waals surface area contributed by atoms with E-state index in [0.717, 1.165) is 11.1 Å². The number of aromatic hydroxyl groups is 1. The molecule has 1 aliphatic rings. The number of allylic oxidation sites excluding steroid dienone is 2. The predicted molar refractivity (Wildman–Crippen MR) is 81.9 cm³/mol. The van der Waals surface area contributed by atoms with Crippen molar-refractivity contribution in [2.45, 2.75) is 17.7 Å². The van der Waals surface area contributed by atoms with Gasteiger partial charge in [-0.1, -0.05) is 30.4 Å². The van der Waals surface area contributed by atoms with Crippen molar-refractivity contribution in [3.05, 3.63) is 65.7 Å². The fourth-order valence-electron chi connectivity index (χ4n) is 2.44. The van der Waals surface area contributed by atoms with Gasteiger partial charge in [0.2, 0.25) is 0 Å². The summed E-state index contributed by atoms with van der Waals surface area (Å²) in [7, 11) is -3.62. The van der Waals surface area contributed by atoms with E-state index in [2.05, 4.69) is 4.72 Å². The van der Waals surface area contributed by atoms with Crippen molar-refractivity contribution < 1.29 is 13.5 Å². The van der Waals surface area contributed by atoms with Crippen LogP contribution < -0.4 is 4.72 Å². The highest BCUT2D eigenvalue weighted by atomic mass is 32.2. The first-order valence-corrected chi connectivity index (χ1v) is 8.13. The van der Waals surface area contributed by atoms with E-state index in [1.165, 1.54) is 6.07 Å². The Labute approximate surface area is 123 Å².